The van der Waals surface area contributed by atoms with Crippen molar-refractivity contribution in [3.8, 4) is 0 Å². The van der Waals surface area contributed by atoms with Crippen LogP contribution in [0.3, 0.4) is 0 Å². The molecule has 1 aromatic carbocycles. The van der Waals surface area contributed by atoms with E-state index in [0.29, 0.717) is 11.1 Å². The molecule has 26 heavy (non-hydrogen) atoms. The summed E-state index contributed by atoms with van der Waals surface area (Å²) in [4.78, 5) is 24.1. The number of esters is 2. The number of benzene rings is 1. The second-order valence-electron chi connectivity index (χ2n) is 6.78. The molecule has 6 nitrogen and oxygen atoms in total. The number of ether oxygens (including phenoxy) is 4. The lowest BCUT2D eigenvalue weighted by Gasteiger charge is -2.05. The maximum atomic E-state index is 12.0. The van der Waals surface area contributed by atoms with E-state index in [1.165, 1.54) is 0 Å². The summed E-state index contributed by atoms with van der Waals surface area (Å²) in [6, 6.07) is 6.29. The highest BCUT2D eigenvalue weighted by molar-refractivity contribution is 5.93. The van der Waals surface area contributed by atoms with Gasteiger partial charge in [0.1, 0.15) is 25.4 Å². The fraction of sp³-hybridized carbons (Fsp3) is 0.600. The van der Waals surface area contributed by atoms with Gasteiger partial charge in [0.15, 0.2) is 0 Å². The molecule has 0 radical (unpaired) electrons. The van der Waals surface area contributed by atoms with Gasteiger partial charge in [0, 0.05) is 0 Å². The minimum Gasteiger partial charge on any atom is -0.459 e. The van der Waals surface area contributed by atoms with Crippen LogP contribution >= 0.6 is 0 Å². The molecule has 142 valence electrons. The van der Waals surface area contributed by atoms with E-state index in [-0.39, 0.29) is 37.6 Å². The van der Waals surface area contributed by atoms with Crippen molar-refractivity contribution in [2.45, 2.75) is 63.9 Å². The van der Waals surface area contributed by atoms with E-state index in [1.54, 1.807) is 24.3 Å². The Morgan fingerprint density at radius 3 is 1.50 bits per heavy atom. The van der Waals surface area contributed by atoms with Gasteiger partial charge in [-0.3, -0.25) is 0 Å². The number of hydrogen-bond acceptors (Lipinski definition) is 6. The summed E-state index contributed by atoms with van der Waals surface area (Å²) in [7, 11) is 0. The highest BCUT2D eigenvalue weighted by Gasteiger charge is 2.39. The summed E-state index contributed by atoms with van der Waals surface area (Å²) in [5.74, 6) is -0.825. The van der Waals surface area contributed by atoms with E-state index in [9.17, 15) is 9.59 Å². The Bertz CT molecular complexity index is 571. The van der Waals surface area contributed by atoms with Crippen molar-refractivity contribution in [1.29, 1.82) is 0 Å². The number of carbonyl (C=O) groups excluding carboxylic acids is 2. The zero-order valence-corrected chi connectivity index (χ0v) is 15.3. The maximum absolute atomic E-state index is 12.0. The van der Waals surface area contributed by atoms with E-state index in [0.717, 1.165) is 25.7 Å². The van der Waals surface area contributed by atoms with E-state index in [4.69, 9.17) is 18.9 Å². The Hall–Kier alpha value is -1.92. The van der Waals surface area contributed by atoms with Crippen LogP contribution in [0.5, 0.6) is 0 Å². The first-order valence-corrected chi connectivity index (χ1v) is 9.37. The topological polar surface area (TPSA) is 77.7 Å². The molecule has 2 saturated heterocycles. The van der Waals surface area contributed by atoms with Crippen molar-refractivity contribution in [2.75, 3.05) is 13.2 Å². The van der Waals surface area contributed by atoms with Crippen molar-refractivity contribution in [3.05, 3.63) is 35.4 Å². The van der Waals surface area contributed by atoms with Crippen LogP contribution in [0.2, 0.25) is 0 Å². The molecule has 0 aliphatic carbocycles. The molecule has 4 atom stereocenters. The van der Waals surface area contributed by atoms with Gasteiger partial charge in [0.2, 0.25) is 0 Å². The lowest BCUT2D eigenvalue weighted by Crippen LogP contribution is -2.13. The minimum atomic E-state index is -0.413. The molecule has 2 aliphatic heterocycles. The molecule has 2 aliphatic rings. The maximum Gasteiger partial charge on any atom is 0.338 e. The van der Waals surface area contributed by atoms with Crippen LogP contribution in [0.25, 0.3) is 0 Å². The minimum absolute atomic E-state index is 0.0225. The third-order valence-corrected chi connectivity index (χ3v) is 4.64. The first-order valence-electron chi connectivity index (χ1n) is 9.37. The largest absolute Gasteiger partial charge is 0.459 e. The predicted molar refractivity (Wildman–Crippen MR) is 94.1 cm³/mol. The summed E-state index contributed by atoms with van der Waals surface area (Å²) in [6.45, 7) is 4.73. The van der Waals surface area contributed by atoms with Crippen LogP contribution < -0.4 is 0 Å². The fourth-order valence-corrected chi connectivity index (χ4v) is 2.95. The predicted octanol–water partition coefficient (Wildman–Crippen LogP) is 3.14. The highest BCUT2D eigenvalue weighted by atomic mass is 16.6. The van der Waals surface area contributed by atoms with Gasteiger partial charge in [-0.2, -0.15) is 0 Å². The first kappa shape index (κ1) is 18.9. The Morgan fingerprint density at radius 2 is 1.15 bits per heavy atom. The molecule has 2 heterocycles. The zero-order valence-electron chi connectivity index (χ0n) is 15.3. The van der Waals surface area contributed by atoms with Gasteiger partial charge >= 0.3 is 11.9 Å². The monoisotopic (exact) mass is 362 g/mol. The van der Waals surface area contributed by atoms with E-state index < -0.39 is 11.9 Å². The molecule has 3 rings (SSSR count). The van der Waals surface area contributed by atoms with Crippen LogP contribution in [0.1, 0.15) is 60.2 Å². The molecular formula is C20H26O6. The third-order valence-electron chi connectivity index (χ3n) is 4.64. The third kappa shape index (κ3) is 5.05. The van der Waals surface area contributed by atoms with E-state index in [2.05, 4.69) is 13.8 Å². The van der Waals surface area contributed by atoms with Crippen LogP contribution in [-0.2, 0) is 18.9 Å². The Kier molecular flexibility index (Phi) is 6.27. The molecule has 0 amide bonds. The molecule has 1 aromatic rings. The van der Waals surface area contributed by atoms with Gasteiger partial charge in [0.25, 0.3) is 0 Å². The van der Waals surface area contributed by atoms with Crippen molar-refractivity contribution in [3.63, 3.8) is 0 Å². The fourth-order valence-electron chi connectivity index (χ4n) is 2.95. The van der Waals surface area contributed by atoms with Gasteiger partial charge in [0.05, 0.1) is 23.3 Å². The van der Waals surface area contributed by atoms with Gasteiger partial charge in [-0.1, -0.05) is 26.7 Å². The standard InChI is InChI=1S/C20H26O6/c1-3-5-15-17(25-15)11-23-19(21)13-7-9-14(10-8-13)20(22)24-12-18-16(26-18)6-4-2/h7-10,15-18H,3-6,11-12H2,1-2H3. The Morgan fingerprint density at radius 1 is 0.769 bits per heavy atom. The van der Waals surface area contributed by atoms with Crippen LogP contribution in [0.15, 0.2) is 24.3 Å². The number of carbonyl (C=O) groups is 2. The molecule has 0 saturated carbocycles. The zero-order chi connectivity index (χ0) is 18.5. The molecule has 0 spiro atoms. The molecule has 0 N–H and O–H groups in total. The Labute approximate surface area is 153 Å². The second-order valence-corrected chi connectivity index (χ2v) is 6.78. The van der Waals surface area contributed by atoms with E-state index >= 15 is 0 Å². The quantitative estimate of drug-likeness (QED) is 0.470. The van der Waals surface area contributed by atoms with Crippen molar-refractivity contribution >= 4 is 11.9 Å². The Balaban J connectivity index is 1.40. The summed E-state index contributed by atoms with van der Waals surface area (Å²) in [5.41, 5.74) is 0.811. The highest BCUT2D eigenvalue weighted by Crippen LogP contribution is 2.27. The smallest absolute Gasteiger partial charge is 0.338 e. The average molecular weight is 362 g/mol. The van der Waals surface area contributed by atoms with Crippen molar-refractivity contribution in [1.82, 2.24) is 0 Å². The molecule has 6 heteroatoms. The normalized spacial score (nSPS) is 26.2. The van der Waals surface area contributed by atoms with Gasteiger partial charge in [-0.25, -0.2) is 9.59 Å². The summed E-state index contributed by atoms with van der Waals surface area (Å²) >= 11 is 0. The molecule has 2 fully saturated rings. The van der Waals surface area contributed by atoms with Gasteiger partial charge < -0.3 is 18.9 Å². The van der Waals surface area contributed by atoms with E-state index in [1.807, 2.05) is 0 Å². The second kappa shape index (κ2) is 8.64. The first-order chi connectivity index (χ1) is 12.6. The van der Waals surface area contributed by atoms with Crippen LogP contribution in [0, 0.1) is 0 Å². The molecule has 0 bridgehead atoms. The molecule has 0 aromatic heterocycles. The van der Waals surface area contributed by atoms with Gasteiger partial charge in [-0.05, 0) is 37.1 Å². The number of hydrogen-bond donors (Lipinski definition) is 0. The number of epoxide rings is 2. The summed E-state index contributed by atoms with van der Waals surface area (Å²) in [5, 5.41) is 0. The molecular weight excluding hydrogens is 336 g/mol. The van der Waals surface area contributed by atoms with Crippen molar-refractivity contribution < 1.29 is 28.5 Å². The average Bonchev–Trinajstić information content (AvgIpc) is 3.56. The van der Waals surface area contributed by atoms with Crippen molar-refractivity contribution in [2.24, 2.45) is 0 Å². The van der Waals surface area contributed by atoms with Crippen LogP contribution in [-0.4, -0.2) is 49.6 Å². The molecule has 4 unspecified atom stereocenters. The lowest BCUT2D eigenvalue weighted by molar-refractivity contribution is 0.0463. The van der Waals surface area contributed by atoms with Crippen LogP contribution in [0.4, 0.5) is 0 Å². The van der Waals surface area contributed by atoms with Gasteiger partial charge in [-0.15, -0.1) is 0 Å². The lowest BCUT2D eigenvalue weighted by atomic mass is 10.1. The summed E-state index contributed by atoms with van der Waals surface area (Å²) < 4.78 is 21.3. The number of rotatable bonds is 10. The SMILES string of the molecule is CCCC1OC1COC(=O)c1ccc(C(=O)OCC2OC2CCC)cc1. The summed E-state index contributed by atoms with van der Waals surface area (Å²) in [6.07, 6.45) is 4.57.